The molecule has 5 heteroatoms. The lowest BCUT2D eigenvalue weighted by atomic mass is 10.1. The minimum atomic E-state index is -2.81. The van der Waals surface area contributed by atoms with Gasteiger partial charge < -0.3 is 10.1 Å². The SMILES string of the molecule is Cc1ncccc1NC(C)c1cccc(OC(F)F)c1. The zero-order chi connectivity index (χ0) is 14.5. The lowest BCUT2D eigenvalue weighted by molar-refractivity contribution is -0.0498. The van der Waals surface area contributed by atoms with E-state index in [1.165, 1.54) is 6.07 Å². The van der Waals surface area contributed by atoms with E-state index < -0.39 is 6.61 Å². The normalized spacial score (nSPS) is 12.2. The molecule has 2 aromatic rings. The molecule has 0 aliphatic heterocycles. The second-order valence-corrected chi connectivity index (χ2v) is 4.45. The summed E-state index contributed by atoms with van der Waals surface area (Å²) in [6.45, 7) is 1.05. The Morgan fingerprint density at radius 1 is 1.20 bits per heavy atom. The highest BCUT2D eigenvalue weighted by Crippen LogP contribution is 2.24. The summed E-state index contributed by atoms with van der Waals surface area (Å²) in [6.07, 6.45) is 1.72. The van der Waals surface area contributed by atoms with Crippen LogP contribution in [0.2, 0.25) is 0 Å². The molecule has 106 valence electrons. The van der Waals surface area contributed by atoms with Crippen molar-refractivity contribution in [2.45, 2.75) is 26.5 Å². The summed E-state index contributed by atoms with van der Waals surface area (Å²) in [4.78, 5) is 4.20. The van der Waals surface area contributed by atoms with Crippen LogP contribution in [0.25, 0.3) is 0 Å². The van der Waals surface area contributed by atoms with Crippen LogP contribution in [0.4, 0.5) is 14.5 Å². The summed E-state index contributed by atoms with van der Waals surface area (Å²) in [5.41, 5.74) is 2.67. The van der Waals surface area contributed by atoms with Gasteiger partial charge in [0.1, 0.15) is 5.75 Å². The number of alkyl halides is 2. The van der Waals surface area contributed by atoms with Gasteiger partial charge in [-0.25, -0.2) is 0 Å². The quantitative estimate of drug-likeness (QED) is 0.891. The maximum Gasteiger partial charge on any atom is 0.387 e. The topological polar surface area (TPSA) is 34.2 Å². The Hall–Kier alpha value is -2.17. The molecule has 0 aliphatic carbocycles. The smallest absolute Gasteiger partial charge is 0.387 e. The first kappa shape index (κ1) is 14.2. The Morgan fingerprint density at radius 3 is 2.70 bits per heavy atom. The van der Waals surface area contributed by atoms with Gasteiger partial charge in [-0.15, -0.1) is 0 Å². The van der Waals surface area contributed by atoms with Gasteiger partial charge in [0.05, 0.1) is 11.4 Å². The molecule has 0 spiro atoms. The highest BCUT2D eigenvalue weighted by molar-refractivity contribution is 5.49. The van der Waals surface area contributed by atoms with E-state index in [9.17, 15) is 8.78 Å². The van der Waals surface area contributed by atoms with Crippen LogP contribution < -0.4 is 10.1 Å². The van der Waals surface area contributed by atoms with E-state index in [0.717, 1.165) is 16.9 Å². The van der Waals surface area contributed by atoms with Crippen LogP contribution in [0.1, 0.15) is 24.2 Å². The number of rotatable bonds is 5. The van der Waals surface area contributed by atoms with E-state index in [1.807, 2.05) is 32.0 Å². The van der Waals surface area contributed by atoms with Gasteiger partial charge in [0.15, 0.2) is 0 Å². The fourth-order valence-electron chi connectivity index (χ4n) is 1.91. The molecule has 0 amide bonds. The molecular weight excluding hydrogens is 262 g/mol. The van der Waals surface area contributed by atoms with Crippen LogP contribution in [-0.4, -0.2) is 11.6 Å². The van der Waals surface area contributed by atoms with Crippen molar-refractivity contribution in [3.8, 4) is 5.75 Å². The van der Waals surface area contributed by atoms with Gasteiger partial charge in [0.2, 0.25) is 0 Å². The summed E-state index contributed by atoms with van der Waals surface area (Å²) in [5.74, 6) is 0.161. The number of nitrogens with one attached hydrogen (secondary N) is 1. The monoisotopic (exact) mass is 278 g/mol. The third kappa shape index (κ3) is 3.66. The average Bonchev–Trinajstić information content (AvgIpc) is 2.41. The maximum absolute atomic E-state index is 12.2. The highest BCUT2D eigenvalue weighted by atomic mass is 19.3. The van der Waals surface area contributed by atoms with Gasteiger partial charge >= 0.3 is 6.61 Å². The summed E-state index contributed by atoms with van der Waals surface area (Å²) < 4.78 is 28.8. The number of nitrogens with zero attached hydrogens (tertiary/aromatic N) is 1. The zero-order valence-corrected chi connectivity index (χ0v) is 11.3. The average molecular weight is 278 g/mol. The van der Waals surface area contributed by atoms with Crippen LogP contribution in [0.3, 0.4) is 0 Å². The number of ether oxygens (including phenoxy) is 1. The Labute approximate surface area is 116 Å². The van der Waals surface area contributed by atoms with E-state index in [0.29, 0.717) is 0 Å². The van der Waals surface area contributed by atoms with E-state index >= 15 is 0 Å². The molecular formula is C15H16F2N2O. The van der Waals surface area contributed by atoms with Crippen molar-refractivity contribution in [2.75, 3.05) is 5.32 Å². The molecule has 3 nitrogen and oxygen atoms in total. The van der Waals surface area contributed by atoms with Crippen LogP contribution in [0.15, 0.2) is 42.6 Å². The van der Waals surface area contributed by atoms with Gasteiger partial charge in [-0.2, -0.15) is 8.78 Å². The minimum Gasteiger partial charge on any atom is -0.435 e. The number of anilines is 1. The number of hydrogen-bond acceptors (Lipinski definition) is 3. The third-order valence-corrected chi connectivity index (χ3v) is 2.96. The number of pyridine rings is 1. The van der Waals surface area contributed by atoms with Crippen molar-refractivity contribution >= 4 is 5.69 Å². The summed E-state index contributed by atoms with van der Waals surface area (Å²) in [7, 11) is 0. The minimum absolute atomic E-state index is 0.0425. The lowest BCUT2D eigenvalue weighted by Crippen LogP contribution is -2.09. The molecule has 1 N–H and O–H groups in total. The van der Waals surface area contributed by atoms with E-state index in [4.69, 9.17) is 0 Å². The van der Waals surface area contributed by atoms with Gasteiger partial charge in [0.25, 0.3) is 0 Å². The second-order valence-electron chi connectivity index (χ2n) is 4.45. The molecule has 1 heterocycles. The number of halogens is 2. The molecule has 0 bridgehead atoms. The van der Waals surface area contributed by atoms with Gasteiger partial charge in [-0.3, -0.25) is 4.98 Å². The first-order valence-corrected chi connectivity index (χ1v) is 6.29. The molecule has 0 saturated heterocycles. The van der Waals surface area contributed by atoms with Crippen molar-refractivity contribution < 1.29 is 13.5 Å². The van der Waals surface area contributed by atoms with Gasteiger partial charge in [-0.05, 0) is 43.7 Å². The fraction of sp³-hybridized carbons (Fsp3) is 0.267. The van der Waals surface area contributed by atoms with Crippen LogP contribution in [0.5, 0.6) is 5.75 Å². The number of aromatic nitrogens is 1. The van der Waals surface area contributed by atoms with Crippen LogP contribution in [0, 0.1) is 6.92 Å². The second kappa shape index (κ2) is 6.32. The first-order valence-electron chi connectivity index (χ1n) is 6.29. The third-order valence-electron chi connectivity index (χ3n) is 2.96. The Kier molecular flexibility index (Phi) is 4.50. The van der Waals surface area contributed by atoms with Gasteiger partial charge in [-0.1, -0.05) is 12.1 Å². The molecule has 2 rings (SSSR count). The van der Waals surface area contributed by atoms with Crippen molar-refractivity contribution in [3.05, 3.63) is 53.9 Å². The molecule has 0 fully saturated rings. The molecule has 1 unspecified atom stereocenters. The van der Waals surface area contributed by atoms with Crippen LogP contribution >= 0.6 is 0 Å². The predicted octanol–water partition coefficient (Wildman–Crippen LogP) is 4.16. The van der Waals surface area contributed by atoms with Crippen molar-refractivity contribution in [1.29, 1.82) is 0 Å². The maximum atomic E-state index is 12.2. The number of benzene rings is 1. The predicted molar refractivity (Wildman–Crippen MR) is 74.1 cm³/mol. The van der Waals surface area contributed by atoms with Crippen LogP contribution in [-0.2, 0) is 0 Å². The number of aryl methyl sites for hydroxylation is 1. The molecule has 1 aromatic carbocycles. The van der Waals surface area contributed by atoms with Crippen molar-refractivity contribution in [2.24, 2.45) is 0 Å². The first-order chi connectivity index (χ1) is 9.56. The highest BCUT2D eigenvalue weighted by Gasteiger charge is 2.10. The van der Waals surface area contributed by atoms with Crippen molar-refractivity contribution in [3.63, 3.8) is 0 Å². The molecule has 20 heavy (non-hydrogen) atoms. The largest absolute Gasteiger partial charge is 0.435 e. The Bertz CT molecular complexity index is 575. The molecule has 0 aliphatic rings. The molecule has 0 radical (unpaired) electrons. The summed E-state index contributed by atoms with van der Waals surface area (Å²) in [6, 6.07) is 10.4. The fourth-order valence-corrected chi connectivity index (χ4v) is 1.91. The van der Waals surface area contributed by atoms with Crippen molar-refractivity contribution in [1.82, 2.24) is 4.98 Å². The lowest BCUT2D eigenvalue weighted by Gasteiger charge is -2.17. The molecule has 1 aromatic heterocycles. The summed E-state index contributed by atoms with van der Waals surface area (Å²) >= 11 is 0. The van der Waals surface area contributed by atoms with Gasteiger partial charge in [0, 0.05) is 12.2 Å². The Morgan fingerprint density at radius 2 is 2.00 bits per heavy atom. The van der Waals surface area contributed by atoms with E-state index in [-0.39, 0.29) is 11.8 Å². The molecule has 1 atom stereocenters. The standard InChI is InChI=1S/C15H16F2N2O/c1-10(19-14-7-4-8-18-11(14)2)12-5-3-6-13(9-12)20-15(16)17/h3-10,15,19H,1-2H3. The van der Waals surface area contributed by atoms with E-state index in [2.05, 4.69) is 15.0 Å². The number of hydrogen-bond donors (Lipinski definition) is 1. The van der Waals surface area contributed by atoms with E-state index in [1.54, 1.807) is 18.3 Å². The zero-order valence-electron chi connectivity index (χ0n) is 11.3. The summed E-state index contributed by atoms with van der Waals surface area (Å²) in [5, 5.41) is 3.30. The molecule has 0 saturated carbocycles. The Balaban J connectivity index is 2.13.